The number of rotatable bonds is 2. The number of pyridine rings is 1. The number of nitrogens with zero attached hydrogens (tertiary/aromatic N) is 1. The number of aromatic nitrogens is 1. The Labute approximate surface area is 76.2 Å². The van der Waals surface area contributed by atoms with Crippen LogP contribution in [0.5, 0.6) is 5.88 Å². The molecule has 0 aromatic carbocycles. The molecule has 0 amide bonds. The summed E-state index contributed by atoms with van der Waals surface area (Å²) in [4.78, 5) is 3.66. The molecule has 1 aromatic rings. The summed E-state index contributed by atoms with van der Waals surface area (Å²) in [6.07, 6.45) is 1.03. The van der Waals surface area contributed by atoms with Crippen LogP contribution in [0.1, 0.15) is 19.4 Å². The van der Waals surface area contributed by atoms with Crippen molar-refractivity contribution in [2.45, 2.75) is 19.4 Å². The Morgan fingerprint density at radius 2 is 2.15 bits per heavy atom. The van der Waals surface area contributed by atoms with Gasteiger partial charge in [-0.1, -0.05) is 0 Å². The van der Waals surface area contributed by atoms with Gasteiger partial charge in [-0.15, -0.1) is 0 Å². The molecule has 1 rings (SSSR count). The van der Waals surface area contributed by atoms with Crippen molar-refractivity contribution in [1.82, 2.24) is 4.98 Å². The lowest BCUT2D eigenvalue weighted by atomic mass is 9.99. The number of methoxy groups -OCH3 is 1. The largest absolute Gasteiger partial charge is 0.481 e. The van der Waals surface area contributed by atoms with Crippen LogP contribution < -0.4 is 4.74 Å². The molecule has 0 aliphatic heterocycles. The minimum Gasteiger partial charge on any atom is -0.481 e. The molecule has 0 saturated heterocycles. The Hall–Kier alpha value is -1.16. The van der Waals surface area contributed by atoms with E-state index in [0.717, 1.165) is 6.20 Å². The van der Waals surface area contributed by atoms with Gasteiger partial charge in [0.05, 0.1) is 18.9 Å². The Bertz CT molecular complexity index is 307. The zero-order valence-corrected chi connectivity index (χ0v) is 7.84. The van der Waals surface area contributed by atoms with Crippen LogP contribution >= 0.6 is 0 Å². The Morgan fingerprint density at radius 3 is 2.62 bits per heavy atom. The van der Waals surface area contributed by atoms with Gasteiger partial charge in [-0.2, -0.15) is 0 Å². The summed E-state index contributed by atoms with van der Waals surface area (Å²) in [5.41, 5.74) is -1.04. The van der Waals surface area contributed by atoms with Crippen molar-refractivity contribution < 1.29 is 14.2 Å². The van der Waals surface area contributed by atoms with E-state index in [9.17, 15) is 9.50 Å². The van der Waals surface area contributed by atoms with Gasteiger partial charge >= 0.3 is 0 Å². The molecular formula is C9H12FNO2. The molecule has 13 heavy (non-hydrogen) atoms. The Morgan fingerprint density at radius 1 is 1.54 bits per heavy atom. The summed E-state index contributed by atoms with van der Waals surface area (Å²) in [6.45, 7) is 3.01. The lowest BCUT2D eigenvalue weighted by Crippen LogP contribution is -2.17. The number of halogens is 1. The van der Waals surface area contributed by atoms with E-state index >= 15 is 0 Å². The van der Waals surface area contributed by atoms with E-state index in [4.69, 9.17) is 4.74 Å². The predicted molar refractivity (Wildman–Crippen MR) is 46.0 cm³/mol. The first-order valence-corrected chi connectivity index (χ1v) is 3.87. The summed E-state index contributed by atoms with van der Waals surface area (Å²) < 4.78 is 17.9. The topological polar surface area (TPSA) is 42.4 Å². The summed E-state index contributed by atoms with van der Waals surface area (Å²) in [6, 6.07) is 1.38. The molecule has 0 spiro atoms. The number of hydrogen-bond acceptors (Lipinski definition) is 3. The van der Waals surface area contributed by atoms with Crippen LogP contribution in [0.15, 0.2) is 12.3 Å². The fourth-order valence-electron chi connectivity index (χ4n) is 1.000. The summed E-state index contributed by atoms with van der Waals surface area (Å²) in [5, 5.41) is 9.57. The third kappa shape index (κ3) is 2.15. The smallest absolute Gasteiger partial charge is 0.213 e. The van der Waals surface area contributed by atoms with E-state index in [1.807, 2.05) is 0 Å². The highest BCUT2D eigenvalue weighted by molar-refractivity contribution is 5.26. The van der Waals surface area contributed by atoms with Gasteiger partial charge in [-0.25, -0.2) is 9.37 Å². The predicted octanol–water partition coefficient (Wildman–Crippen LogP) is 1.46. The van der Waals surface area contributed by atoms with Gasteiger partial charge in [0, 0.05) is 11.6 Å². The van der Waals surface area contributed by atoms with Crippen LogP contribution in [0.3, 0.4) is 0 Å². The monoisotopic (exact) mass is 185 g/mol. The second-order valence-corrected chi connectivity index (χ2v) is 3.27. The molecule has 0 fully saturated rings. The summed E-state index contributed by atoms with van der Waals surface area (Å²) in [7, 11) is 1.44. The minimum atomic E-state index is -1.22. The van der Waals surface area contributed by atoms with Crippen LogP contribution in [-0.4, -0.2) is 17.2 Å². The second kappa shape index (κ2) is 3.30. The molecular weight excluding hydrogens is 173 g/mol. The van der Waals surface area contributed by atoms with Crippen molar-refractivity contribution in [3.63, 3.8) is 0 Å². The first-order valence-electron chi connectivity index (χ1n) is 3.87. The Kier molecular flexibility index (Phi) is 2.52. The molecule has 4 heteroatoms. The second-order valence-electron chi connectivity index (χ2n) is 3.27. The van der Waals surface area contributed by atoms with Crippen LogP contribution in [0.2, 0.25) is 0 Å². The molecule has 0 saturated carbocycles. The zero-order valence-electron chi connectivity index (χ0n) is 7.84. The minimum absolute atomic E-state index is 0.180. The molecule has 0 aliphatic carbocycles. The van der Waals surface area contributed by atoms with Crippen molar-refractivity contribution in [3.05, 3.63) is 23.6 Å². The molecule has 0 unspecified atom stereocenters. The number of hydrogen-bond donors (Lipinski definition) is 1. The zero-order chi connectivity index (χ0) is 10.1. The van der Waals surface area contributed by atoms with Gasteiger partial charge in [-0.05, 0) is 13.8 Å². The van der Waals surface area contributed by atoms with E-state index in [0.29, 0.717) is 5.88 Å². The molecule has 0 radical (unpaired) electrons. The lowest BCUT2D eigenvalue weighted by Gasteiger charge is -2.18. The average Bonchev–Trinajstić information content (AvgIpc) is 2.03. The standard InChI is InChI=1S/C9H12FNO2/c1-9(2,12)6-4-8(13-3)11-5-7(6)10/h4-5,12H,1-3H3. The van der Waals surface area contributed by atoms with Crippen LogP contribution in [-0.2, 0) is 5.60 Å². The van der Waals surface area contributed by atoms with Gasteiger partial charge in [0.2, 0.25) is 5.88 Å². The van der Waals surface area contributed by atoms with Gasteiger partial charge in [0.25, 0.3) is 0 Å². The Balaban J connectivity index is 3.19. The molecule has 72 valence electrons. The van der Waals surface area contributed by atoms with Crippen molar-refractivity contribution in [2.24, 2.45) is 0 Å². The molecule has 1 heterocycles. The summed E-state index contributed by atoms with van der Waals surface area (Å²) in [5.74, 6) is -0.244. The maximum Gasteiger partial charge on any atom is 0.213 e. The molecule has 0 aliphatic rings. The highest BCUT2D eigenvalue weighted by Gasteiger charge is 2.21. The van der Waals surface area contributed by atoms with E-state index < -0.39 is 11.4 Å². The van der Waals surface area contributed by atoms with Gasteiger partial charge in [0.15, 0.2) is 0 Å². The highest BCUT2D eigenvalue weighted by atomic mass is 19.1. The van der Waals surface area contributed by atoms with Gasteiger partial charge in [-0.3, -0.25) is 0 Å². The van der Waals surface area contributed by atoms with Crippen molar-refractivity contribution in [3.8, 4) is 5.88 Å². The van der Waals surface area contributed by atoms with Crippen molar-refractivity contribution >= 4 is 0 Å². The average molecular weight is 185 g/mol. The third-order valence-electron chi connectivity index (χ3n) is 1.70. The number of aliphatic hydroxyl groups is 1. The molecule has 0 atom stereocenters. The normalized spacial score (nSPS) is 11.5. The molecule has 1 aromatic heterocycles. The molecule has 3 nitrogen and oxygen atoms in total. The van der Waals surface area contributed by atoms with E-state index in [-0.39, 0.29) is 5.56 Å². The van der Waals surface area contributed by atoms with Crippen LogP contribution in [0.25, 0.3) is 0 Å². The highest BCUT2D eigenvalue weighted by Crippen LogP contribution is 2.24. The quantitative estimate of drug-likeness (QED) is 0.758. The lowest BCUT2D eigenvalue weighted by molar-refractivity contribution is 0.0740. The first kappa shape index (κ1) is 9.92. The van der Waals surface area contributed by atoms with Gasteiger partial charge in [0.1, 0.15) is 5.82 Å². The summed E-state index contributed by atoms with van der Waals surface area (Å²) >= 11 is 0. The maximum atomic E-state index is 13.1. The van der Waals surface area contributed by atoms with Crippen molar-refractivity contribution in [1.29, 1.82) is 0 Å². The maximum absolute atomic E-state index is 13.1. The van der Waals surface area contributed by atoms with Crippen LogP contribution in [0.4, 0.5) is 4.39 Å². The van der Waals surface area contributed by atoms with Crippen LogP contribution in [0, 0.1) is 5.82 Å². The van der Waals surface area contributed by atoms with E-state index in [1.54, 1.807) is 0 Å². The van der Waals surface area contributed by atoms with E-state index in [1.165, 1.54) is 27.0 Å². The number of ether oxygens (including phenoxy) is 1. The fourth-order valence-corrected chi connectivity index (χ4v) is 1.000. The SMILES string of the molecule is COc1cc(C(C)(C)O)c(F)cn1. The first-order chi connectivity index (χ1) is 5.95. The molecule has 0 bridgehead atoms. The van der Waals surface area contributed by atoms with Gasteiger partial charge < -0.3 is 9.84 Å². The fraction of sp³-hybridized carbons (Fsp3) is 0.444. The van der Waals surface area contributed by atoms with Crippen molar-refractivity contribution in [2.75, 3.05) is 7.11 Å². The third-order valence-corrected chi connectivity index (χ3v) is 1.70. The molecule has 1 N–H and O–H groups in total. The van der Waals surface area contributed by atoms with E-state index in [2.05, 4.69) is 4.98 Å².